The molecular weight excluding hydrogens is 641 g/mol. The zero-order chi connectivity index (χ0) is 31.9. The summed E-state index contributed by atoms with van der Waals surface area (Å²) in [5, 5.41) is 3.82. The summed E-state index contributed by atoms with van der Waals surface area (Å²) in [6.07, 6.45) is 0.176. The highest BCUT2D eigenvalue weighted by atomic mass is 35.5. The quantitative estimate of drug-likeness (QED) is 0.177. The highest BCUT2D eigenvalue weighted by Gasteiger charge is 2.35. The van der Waals surface area contributed by atoms with Gasteiger partial charge >= 0.3 is 0 Å². The van der Waals surface area contributed by atoms with Gasteiger partial charge in [0.1, 0.15) is 12.6 Å². The Hall–Kier alpha value is -3.56. The first-order valence-electron chi connectivity index (χ1n) is 13.9. The fourth-order valence-electron chi connectivity index (χ4n) is 4.67. The molecule has 0 aliphatic rings. The normalized spacial score (nSPS) is 11.9. The van der Waals surface area contributed by atoms with E-state index in [2.05, 4.69) is 5.32 Å². The lowest BCUT2D eigenvalue weighted by atomic mass is 10.0. The van der Waals surface area contributed by atoms with Crippen LogP contribution in [0.4, 0.5) is 5.69 Å². The number of hydrogen-bond donors (Lipinski definition) is 1. The number of likely N-dealkylation sites (N-methyl/N-ethyl adjacent to an activating group) is 1. The molecule has 0 saturated carbocycles. The Bertz CT molecular complexity index is 1680. The van der Waals surface area contributed by atoms with E-state index < -0.39 is 34.4 Å². The van der Waals surface area contributed by atoms with Crippen molar-refractivity contribution in [1.82, 2.24) is 10.2 Å². The topological polar surface area (TPSA) is 86.8 Å². The third kappa shape index (κ3) is 8.12. The molecule has 0 unspecified atom stereocenters. The van der Waals surface area contributed by atoms with Gasteiger partial charge in [-0.25, -0.2) is 8.42 Å². The summed E-state index contributed by atoms with van der Waals surface area (Å²) in [7, 11) is -4.24. The Morgan fingerprint density at radius 1 is 0.818 bits per heavy atom. The maximum absolute atomic E-state index is 14.4. The minimum Gasteiger partial charge on any atom is -0.355 e. The predicted octanol–water partition coefficient (Wildman–Crippen LogP) is 6.93. The zero-order valence-electron chi connectivity index (χ0n) is 24.2. The molecule has 230 valence electrons. The number of nitrogens with zero attached hydrogens (tertiary/aromatic N) is 2. The van der Waals surface area contributed by atoms with Gasteiger partial charge in [-0.05, 0) is 67.9 Å². The van der Waals surface area contributed by atoms with Crippen molar-refractivity contribution >= 4 is 62.3 Å². The third-order valence-corrected chi connectivity index (χ3v) is 9.76. The molecule has 0 spiro atoms. The molecule has 44 heavy (non-hydrogen) atoms. The highest BCUT2D eigenvalue weighted by Crippen LogP contribution is 2.29. The fourth-order valence-corrected chi connectivity index (χ4v) is 6.73. The number of anilines is 1. The average molecular weight is 673 g/mol. The van der Waals surface area contributed by atoms with Crippen molar-refractivity contribution in [2.45, 2.75) is 37.8 Å². The summed E-state index contributed by atoms with van der Waals surface area (Å²) in [5.74, 6) is -1.01. The second-order valence-corrected chi connectivity index (χ2v) is 13.2. The second kappa shape index (κ2) is 14.9. The van der Waals surface area contributed by atoms with E-state index in [0.29, 0.717) is 27.2 Å². The van der Waals surface area contributed by atoms with Crippen LogP contribution in [0.25, 0.3) is 0 Å². The number of nitrogens with one attached hydrogen (secondary N) is 1. The van der Waals surface area contributed by atoms with Gasteiger partial charge in [0.2, 0.25) is 11.8 Å². The summed E-state index contributed by atoms with van der Waals surface area (Å²) >= 11 is 19.1. The summed E-state index contributed by atoms with van der Waals surface area (Å²) < 4.78 is 29.1. The third-order valence-electron chi connectivity index (χ3n) is 7.01. The number of halogens is 3. The molecule has 0 bridgehead atoms. The molecule has 4 aromatic carbocycles. The SMILES string of the molecule is CCNC(=O)[C@@H](Cc1ccccc1)N(Cc1c(Cl)cccc1Cl)C(=O)CN(c1ccc(C)cc1)S(=O)(=O)c1ccc(Cl)cc1. The van der Waals surface area contributed by atoms with Crippen molar-refractivity contribution < 1.29 is 18.0 Å². The number of benzene rings is 4. The number of amides is 2. The largest absolute Gasteiger partial charge is 0.355 e. The van der Waals surface area contributed by atoms with Crippen molar-refractivity contribution in [3.63, 3.8) is 0 Å². The number of sulfonamides is 1. The lowest BCUT2D eigenvalue weighted by Gasteiger charge is -2.34. The molecule has 11 heteroatoms. The van der Waals surface area contributed by atoms with E-state index in [-0.39, 0.29) is 23.5 Å². The van der Waals surface area contributed by atoms with Crippen molar-refractivity contribution in [2.75, 3.05) is 17.4 Å². The Morgan fingerprint density at radius 2 is 1.43 bits per heavy atom. The maximum Gasteiger partial charge on any atom is 0.264 e. The summed E-state index contributed by atoms with van der Waals surface area (Å²) in [6.45, 7) is 3.27. The number of rotatable bonds is 12. The van der Waals surface area contributed by atoms with Gasteiger partial charge in [0.25, 0.3) is 10.0 Å². The molecule has 0 aliphatic heterocycles. The zero-order valence-corrected chi connectivity index (χ0v) is 27.3. The van der Waals surface area contributed by atoms with Crippen molar-refractivity contribution in [1.29, 1.82) is 0 Å². The van der Waals surface area contributed by atoms with Crippen LogP contribution >= 0.6 is 34.8 Å². The predicted molar refractivity (Wildman–Crippen MR) is 177 cm³/mol. The Balaban J connectivity index is 1.82. The van der Waals surface area contributed by atoms with Crippen LogP contribution in [0, 0.1) is 6.92 Å². The van der Waals surface area contributed by atoms with Gasteiger partial charge < -0.3 is 10.2 Å². The van der Waals surface area contributed by atoms with Crippen LogP contribution in [0.3, 0.4) is 0 Å². The van der Waals surface area contributed by atoms with E-state index >= 15 is 0 Å². The molecule has 4 aromatic rings. The summed E-state index contributed by atoms with van der Waals surface area (Å²) in [5.41, 5.74) is 2.45. The van der Waals surface area contributed by atoms with Crippen LogP contribution in [0.2, 0.25) is 15.1 Å². The van der Waals surface area contributed by atoms with Crippen LogP contribution < -0.4 is 9.62 Å². The molecule has 0 aromatic heterocycles. The first-order chi connectivity index (χ1) is 21.0. The van der Waals surface area contributed by atoms with Gasteiger partial charge in [-0.3, -0.25) is 13.9 Å². The molecule has 1 N–H and O–H groups in total. The number of aryl methyl sites for hydroxylation is 1. The van der Waals surface area contributed by atoms with E-state index in [1.165, 1.54) is 29.2 Å². The van der Waals surface area contributed by atoms with Crippen molar-refractivity contribution in [3.8, 4) is 0 Å². The average Bonchev–Trinajstić information content (AvgIpc) is 3.00. The van der Waals surface area contributed by atoms with Gasteiger partial charge in [0, 0.05) is 40.1 Å². The first-order valence-corrected chi connectivity index (χ1v) is 16.5. The second-order valence-electron chi connectivity index (χ2n) is 10.1. The Kier molecular flexibility index (Phi) is 11.3. The number of carbonyl (C=O) groups excluding carboxylic acids is 2. The van der Waals surface area contributed by atoms with E-state index in [0.717, 1.165) is 15.4 Å². The van der Waals surface area contributed by atoms with Crippen molar-refractivity contribution in [2.24, 2.45) is 0 Å². The van der Waals surface area contributed by atoms with E-state index in [9.17, 15) is 18.0 Å². The standard InChI is InChI=1S/C33H32Cl3N3O4S/c1-3-37-33(41)31(20-24-8-5-4-6-9-24)38(21-28-29(35)10-7-11-30(28)36)32(40)22-39(26-16-12-23(2)13-17-26)44(42,43)27-18-14-25(34)15-19-27/h4-19,31H,3,20-22H2,1-2H3,(H,37,41)/t31-/m1/s1. The molecule has 1 atom stereocenters. The van der Waals surface area contributed by atoms with Crippen LogP contribution in [0.15, 0.2) is 102 Å². The minimum atomic E-state index is -4.24. The van der Waals surface area contributed by atoms with Crippen LogP contribution in [-0.2, 0) is 32.6 Å². The Morgan fingerprint density at radius 3 is 2.02 bits per heavy atom. The summed E-state index contributed by atoms with van der Waals surface area (Å²) in [6, 6.07) is 25.8. The molecule has 0 saturated heterocycles. The van der Waals surface area contributed by atoms with Gasteiger partial charge in [-0.15, -0.1) is 0 Å². The molecule has 0 fully saturated rings. The summed E-state index contributed by atoms with van der Waals surface area (Å²) in [4.78, 5) is 29.3. The van der Waals surface area contributed by atoms with E-state index in [1.54, 1.807) is 49.4 Å². The van der Waals surface area contributed by atoms with Crippen LogP contribution in [-0.4, -0.2) is 44.3 Å². The first kappa shape index (κ1) is 33.3. The Labute approximate surface area is 273 Å². The maximum atomic E-state index is 14.4. The van der Waals surface area contributed by atoms with Gasteiger partial charge in [0.05, 0.1) is 10.6 Å². The molecule has 0 heterocycles. The van der Waals surface area contributed by atoms with Crippen molar-refractivity contribution in [3.05, 3.63) is 129 Å². The number of hydrogen-bond acceptors (Lipinski definition) is 4. The van der Waals surface area contributed by atoms with Crippen LogP contribution in [0.5, 0.6) is 0 Å². The van der Waals surface area contributed by atoms with Gasteiger partial charge in [-0.1, -0.05) is 88.9 Å². The molecule has 7 nitrogen and oxygen atoms in total. The molecule has 2 amide bonds. The monoisotopic (exact) mass is 671 g/mol. The smallest absolute Gasteiger partial charge is 0.264 e. The van der Waals surface area contributed by atoms with Gasteiger partial charge in [-0.2, -0.15) is 0 Å². The molecule has 4 rings (SSSR count). The number of carbonyl (C=O) groups is 2. The molecule has 0 radical (unpaired) electrons. The van der Waals surface area contributed by atoms with E-state index in [4.69, 9.17) is 34.8 Å². The molecular formula is C33H32Cl3N3O4S. The molecule has 0 aliphatic carbocycles. The van der Waals surface area contributed by atoms with E-state index in [1.807, 2.05) is 37.3 Å². The fraction of sp³-hybridized carbons (Fsp3) is 0.212. The minimum absolute atomic E-state index is 0.0412. The lowest BCUT2D eigenvalue weighted by molar-refractivity contribution is -0.140. The van der Waals surface area contributed by atoms with Crippen LogP contribution in [0.1, 0.15) is 23.6 Å². The van der Waals surface area contributed by atoms with Gasteiger partial charge in [0.15, 0.2) is 0 Å². The lowest BCUT2D eigenvalue weighted by Crippen LogP contribution is -2.53. The highest BCUT2D eigenvalue weighted by molar-refractivity contribution is 7.92.